The lowest BCUT2D eigenvalue weighted by Crippen LogP contribution is -2.24. The first-order valence-corrected chi connectivity index (χ1v) is 6.42. The maximum atomic E-state index is 11.5. The van der Waals surface area contributed by atoms with Crippen molar-refractivity contribution in [1.82, 2.24) is 9.55 Å². The van der Waals surface area contributed by atoms with Crippen molar-refractivity contribution in [2.24, 2.45) is 0 Å². The highest BCUT2D eigenvalue weighted by Crippen LogP contribution is 2.21. The molecular formula is C16H14N2O2. The van der Waals surface area contributed by atoms with Crippen LogP contribution in [0.15, 0.2) is 65.7 Å². The number of rotatable bonds is 3. The number of hydrogen-bond acceptors (Lipinski definition) is 3. The van der Waals surface area contributed by atoms with Gasteiger partial charge in [-0.1, -0.05) is 36.4 Å². The lowest BCUT2D eigenvalue weighted by molar-refractivity contribution is 0.154. The molecule has 0 bridgehead atoms. The van der Waals surface area contributed by atoms with E-state index in [1.54, 1.807) is 12.3 Å². The van der Waals surface area contributed by atoms with E-state index in [0.29, 0.717) is 0 Å². The summed E-state index contributed by atoms with van der Waals surface area (Å²) in [6.45, 7) is 0.199. The number of benzene rings is 2. The van der Waals surface area contributed by atoms with E-state index in [0.717, 1.165) is 16.3 Å². The summed E-state index contributed by atoms with van der Waals surface area (Å²) in [5, 5.41) is 12.5. The molecule has 0 radical (unpaired) electrons. The molecule has 0 aliphatic rings. The fourth-order valence-electron chi connectivity index (χ4n) is 2.23. The van der Waals surface area contributed by atoms with Gasteiger partial charge in [0, 0.05) is 12.4 Å². The smallest absolute Gasteiger partial charge is 0.347 e. The molecule has 0 spiro atoms. The molecule has 3 aromatic rings. The van der Waals surface area contributed by atoms with Gasteiger partial charge in [0.05, 0.1) is 12.6 Å². The van der Waals surface area contributed by atoms with E-state index in [9.17, 15) is 9.90 Å². The Labute approximate surface area is 116 Å². The third kappa shape index (κ3) is 2.46. The Morgan fingerprint density at radius 2 is 1.90 bits per heavy atom. The molecule has 4 nitrogen and oxygen atoms in total. The molecule has 20 heavy (non-hydrogen) atoms. The van der Waals surface area contributed by atoms with E-state index >= 15 is 0 Å². The molecule has 100 valence electrons. The van der Waals surface area contributed by atoms with Crippen molar-refractivity contribution < 1.29 is 5.11 Å². The second-order valence-electron chi connectivity index (χ2n) is 4.68. The molecule has 2 aromatic carbocycles. The van der Waals surface area contributed by atoms with Crippen molar-refractivity contribution in [3.05, 3.63) is 77.0 Å². The van der Waals surface area contributed by atoms with Crippen LogP contribution < -0.4 is 5.69 Å². The van der Waals surface area contributed by atoms with E-state index < -0.39 is 6.10 Å². The van der Waals surface area contributed by atoms with Crippen LogP contribution in [0, 0.1) is 0 Å². The van der Waals surface area contributed by atoms with Crippen molar-refractivity contribution in [3.8, 4) is 0 Å². The van der Waals surface area contributed by atoms with E-state index in [-0.39, 0.29) is 12.2 Å². The van der Waals surface area contributed by atoms with E-state index in [1.165, 1.54) is 10.8 Å². The first kappa shape index (κ1) is 12.6. The average Bonchev–Trinajstić information content (AvgIpc) is 2.49. The SMILES string of the molecule is O=c1ncccn1CC(O)c1ccc2ccccc2c1. The Balaban J connectivity index is 1.91. The molecule has 1 aromatic heterocycles. The Kier molecular flexibility index (Phi) is 3.31. The molecule has 0 saturated heterocycles. The molecule has 0 saturated carbocycles. The molecule has 0 aliphatic heterocycles. The molecule has 4 heteroatoms. The second-order valence-corrected chi connectivity index (χ2v) is 4.68. The number of fused-ring (bicyclic) bond motifs is 1. The molecule has 1 N–H and O–H groups in total. The van der Waals surface area contributed by atoms with Gasteiger partial charge >= 0.3 is 5.69 Å². The highest BCUT2D eigenvalue weighted by molar-refractivity contribution is 5.83. The van der Waals surface area contributed by atoms with Crippen LogP contribution in [0.1, 0.15) is 11.7 Å². The van der Waals surface area contributed by atoms with Gasteiger partial charge in [-0.25, -0.2) is 9.78 Å². The van der Waals surface area contributed by atoms with Gasteiger partial charge in [-0.15, -0.1) is 0 Å². The predicted molar refractivity (Wildman–Crippen MR) is 77.4 cm³/mol. The summed E-state index contributed by atoms with van der Waals surface area (Å²) < 4.78 is 1.40. The highest BCUT2D eigenvalue weighted by atomic mass is 16.3. The summed E-state index contributed by atoms with van der Waals surface area (Å²) in [5.41, 5.74) is 0.437. The lowest BCUT2D eigenvalue weighted by Gasteiger charge is -2.13. The van der Waals surface area contributed by atoms with Gasteiger partial charge in [-0.05, 0) is 28.5 Å². The minimum atomic E-state index is -0.735. The lowest BCUT2D eigenvalue weighted by atomic mass is 10.0. The molecule has 3 rings (SSSR count). The quantitative estimate of drug-likeness (QED) is 0.790. The highest BCUT2D eigenvalue weighted by Gasteiger charge is 2.10. The van der Waals surface area contributed by atoms with Gasteiger partial charge in [-0.3, -0.25) is 4.57 Å². The Bertz CT molecular complexity index is 795. The fourth-order valence-corrected chi connectivity index (χ4v) is 2.23. The van der Waals surface area contributed by atoms with Crippen LogP contribution in [0.25, 0.3) is 10.8 Å². The zero-order valence-corrected chi connectivity index (χ0v) is 10.8. The van der Waals surface area contributed by atoms with Gasteiger partial charge in [0.1, 0.15) is 0 Å². The molecular weight excluding hydrogens is 252 g/mol. The summed E-state index contributed by atoms with van der Waals surface area (Å²) in [7, 11) is 0. The Morgan fingerprint density at radius 3 is 2.70 bits per heavy atom. The number of aromatic nitrogens is 2. The molecule has 0 fully saturated rings. The van der Waals surface area contributed by atoms with Crippen molar-refractivity contribution in [2.75, 3.05) is 0 Å². The summed E-state index contributed by atoms with van der Waals surface area (Å²) in [5.74, 6) is 0. The minimum absolute atomic E-state index is 0.199. The van der Waals surface area contributed by atoms with Crippen molar-refractivity contribution >= 4 is 10.8 Å². The van der Waals surface area contributed by atoms with Crippen LogP contribution in [0.3, 0.4) is 0 Å². The average molecular weight is 266 g/mol. The molecule has 1 unspecified atom stereocenters. The van der Waals surface area contributed by atoms with Gasteiger partial charge < -0.3 is 5.11 Å². The predicted octanol–water partition coefficient (Wildman–Crippen LogP) is 2.13. The van der Waals surface area contributed by atoms with Gasteiger partial charge in [0.15, 0.2) is 0 Å². The third-order valence-electron chi connectivity index (χ3n) is 3.31. The van der Waals surface area contributed by atoms with Gasteiger partial charge in [0.2, 0.25) is 0 Å². The van der Waals surface area contributed by atoms with Gasteiger partial charge in [-0.2, -0.15) is 0 Å². The number of aliphatic hydroxyl groups is 1. The summed E-state index contributed by atoms with van der Waals surface area (Å²) >= 11 is 0. The first-order chi connectivity index (χ1) is 9.74. The van der Waals surface area contributed by atoms with Crippen LogP contribution >= 0.6 is 0 Å². The van der Waals surface area contributed by atoms with Crippen LogP contribution in [-0.2, 0) is 6.54 Å². The van der Waals surface area contributed by atoms with Crippen molar-refractivity contribution in [2.45, 2.75) is 12.6 Å². The Morgan fingerprint density at radius 1 is 1.10 bits per heavy atom. The standard InChI is InChI=1S/C16H14N2O2/c19-15(11-18-9-3-8-17-16(18)20)14-7-6-12-4-1-2-5-13(12)10-14/h1-10,15,19H,11H2. The maximum absolute atomic E-state index is 11.5. The normalized spacial score (nSPS) is 12.4. The van der Waals surface area contributed by atoms with Crippen LogP contribution in [-0.4, -0.2) is 14.7 Å². The van der Waals surface area contributed by atoms with Crippen molar-refractivity contribution in [3.63, 3.8) is 0 Å². The number of hydrogen-bond donors (Lipinski definition) is 1. The van der Waals surface area contributed by atoms with E-state index in [2.05, 4.69) is 4.98 Å². The monoisotopic (exact) mass is 266 g/mol. The molecule has 0 aliphatic carbocycles. The number of aliphatic hydroxyl groups excluding tert-OH is 1. The molecule has 1 atom stereocenters. The van der Waals surface area contributed by atoms with Gasteiger partial charge in [0.25, 0.3) is 0 Å². The zero-order valence-electron chi connectivity index (χ0n) is 10.8. The van der Waals surface area contributed by atoms with Crippen LogP contribution in [0.2, 0.25) is 0 Å². The summed E-state index contributed by atoms with van der Waals surface area (Å²) in [6, 6.07) is 15.4. The largest absolute Gasteiger partial charge is 0.387 e. The summed E-state index contributed by atoms with van der Waals surface area (Å²) in [4.78, 5) is 15.2. The minimum Gasteiger partial charge on any atom is -0.387 e. The fraction of sp³-hybridized carbons (Fsp3) is 0.125. The topological polar surface area (TPSA) is 55.1 Å². The summed E-state index contributed by atoms with van der Waals surface area (Å²) in [6.07, 6.45) is 2.34. The van der Waals surface area contributed by atoms with E-state index in [4.69, 9.17) is 0 Å². The van der Waals surface area contributed by atoms with E-state index in [1.807, 2.05) is 42.5 Å². The molecule has 0 amide bonds. The molecule has 1 heterocycles. The van der Waals surface area contributed by atoms with Crippen molar-refractivity contribution in [1.29, 1.82) is 0 Å². The first-order valence-electron chi connectivity index (χ1n) is 6.42. The maximum Gasteiger partial charge on any atom is 0.347 e. The second kappa shape index (κ2) is 5.27. The van der Waals surface area contributed by atoms with Crippen LogP contribution in [0.4, 0.5) is 0 Å². The Hall–Kier alpha value is -2.46. The number of nitrogens with zero attached hydrogens (tertiary/aromatic N) is 2. The zero-order chi connectivity index (χ0) is 13.9. The third-order valence-corrected chi connectivity index (χ3v) is 3.31. The van der Waals surface area contributed by atoms with Crippen LogP contribution in [0.5, 0.6) is 0 Å².